The Labute approximate surface area is 321 Å². The first-order valence-corrected chi connectivity index (χ1v) is 19.6. The predicted octanol–water partition coefficient (Wildman–Crippen LogP) is 5.81. The SMILES string of the molecule is CC1(C)O[C@@H]2[C@@H](COP(=O)(N[C@@H](Cc3ccccc3)C(=O)OCc3ccccc3)Oc3cccc4ccccc34)O[C@@H](n3cnc4c(=O)[nH]c(N)nc43)[C@]2(C)O1. The maximum absolute atomic E-state index is 15.3. The molecule has 2 fully saturated rings. The number of imidazole rings is 1. The molecule has 56 heavy (non-hydrogen) atoms. The summed E-state index contributed by atoms with van der Waals surface area (Å²) in [5.41, 5.74) is 6.03. The third-order valence-electron chi connectivity index (χ3n) is 9.76. The second-order valence-corrected chi connectivity index (χ2v) is 16.0. The van der Waals surface area contributed by atoms with Gasteiger partial charge in [0.25, 0.3) is 5.56 Å². The minimum Gasteiger partial charge on any atom is -0.460 e. The minimum atomic E-state index is -4.48. The summed E-state index contributed by atoms with van der Waals surface area (Å²) >= 11 is 0. The highest BCUT2D eigenvalue weighted by atomic mass is 31.2. The van der Waals surface area contributed by atoms with Crippen molar-refractivity contribution < 1.29 is 37.4 Å². The van der Waals surface area contributed by atoms with Gasteiger partial charge in [-0.25, -0.2) is 9.55 Å². The number of anilines is 1. The molecule has 8 rings (SSSR count). The van der Waals surface area contributed by atoms with Gasteiger partial charge in [-0.2, -0.15) is 10.1 Å². The summed E-state index contributed by atoms with van der Waals surface area (Å²) < 4.78 is 54.6. The number of aromatic nitrogens is 4. The van der Waals surface area contributed by atoms with E-state index in [1.165, 1.54) is 6.33 Å². The number of carbonyl (C=O) groups excluding carboxylic acids is 1. The molecular weight excluding hydrogens is 739 g/mol. The standard InChI is InChI=1S/C40H41N6O9P/c1-39(2)53-33-31(52-37(40(33,3)55-39)46-24-42-32-34(46)43-38(41)44-35(32)47)23-51-56(49,54-30-20-12-18-27-17-10-11-19-28(27)30)45-29(21-25-13-6-4-7-14-25)36(48)50-22-26-15-8-5-9-16-26/h4-20,24,29,31,33,37H,21-23H2,1-3H3,(H,45,49)(H3,41,43,44,47)/t29-,31+,33+,37+,40+,56?/m0/s1. The Kier molecular flexibility index (Phi) is 9.99. The smallest absolute Gasteiger partial charge is 0.459 e. The molecular formula is C40H41N6O9P. The number of esters is 1. The number of benzene rings is 4. The van der Waals surface area contributed by atoms with Crippen molar-refractivity contribution in [3.8, 4) is 5.75 Å². The van der Waals surface area contributed by atoms with E-state index >= 15 is 4.57 Å². The molecule has 0 saturated carbocycles. The quantitative estimate of drug-likeness (QED) is 0.0941. The molecule has 6 aromatic rings. The van der Waals surface area contributed by atoms with E-state index < -0.39 is 55.1 Å². The predicted molar refractivity (Wildman–Crippen MR) is 206 cm³/mol. The molecule has 2 aromatic heterocycles. The maximum Gasteiger partial charge on any atom is 0.459 e. The van der Waals surface area contributed by atoms with Crippen molar-refractivity contribution >= 4 is 41.6 Å². The van der Waals surface area contributed by atoms with Crippen LogP contribution in [0.5, 0.6) is 5.75 Å². The van der Waals surface area contributed by atoms with E-state index in [1.807, 2.05) is 97.9 Å². The molecule has 2 saturated heterocycles. The number of nitrogens with one attached hydrogen (secondary N) is 2. The number of fused-ring (bicyclic) bond motifs is 3. The Bertz CT molecular complexity index is 2470. The topological polar surface area (TPSA) is 191 Å². The Hall–Kier alpha value is -5.41. The van der Waals surface area contributed by atoms with Crippen molar-refractivity contribution in [2.45, 2.75) is 69.7 Å². The molecule has 0 aliphatic carbocycles. The maximum atomic E-state index is 15.3. The van der Waals surface area contributed by atoms with Crippen LogP contribution in [0.3, 0.4) is 0 Å². The zero-order valence-corrected chi connectivity index (χ0v) is 31.8. The number of nitrogens with two attached hydrogens (primary N) is 1. The fourth-order valence-electron chi connectivity index (χ4n) is 7.34. The van der Waals surface area contributed by atoms with Gasteiger partial charge < -0.3 is 29.2 Å². The second kappa shape index (κ2) is 14.9. The van der Waals surface area contributed by atoms with E-state index in [0.717, 1.165) is 16.5 Å². The Morgan fingerprint density at radius 3 is 2.45 bits per heavy atom. The summed E-state index contributed by atoms with van der Waals surface area (Å²) in [6, 6.07) is 30.2. The molecule has 4 heterocycles. The molecule has 0 amide bonds. The lowest BCUT2D eigenvalue weighted by Crippen LogP contribution is -2.43. The number of hydrogen-bond donors (Lipinski definition) is 3. The molecule has 1 unspecified atom stereocenters. The highest BCUT2D eigenvalue weighted by Crippen LogP contribution is 2.53. The lowest BCUT2D eigenvalue weighted by Gasteiger charge is -2.30. The Morgan fingerprint density at radius 2 is 1.68 bits per heavy atom. The van der Waals surface area contributed by atoms with Crippen molar-refractivity contribution in [1.82, 2.24) is 24.6 Å². The number of nitrogens with zero attached hydrogens (tertiary/aromatic N) is 3. The van der Waals surface area contributed by atoms with Gasteiger partial charge >= 0.3 is 13.7 Å². The van der Waals surface area contributed by atoms with Crippen molar-refractivity contribution in [2.24, 2.45) is 0 Å². The molecule has 4 N–H and O–H groups in total. The summed E-state index contributed by atoms with van der Waals surface area (Å²) in [5, 5.41) is 4.47. The Morgan fingerprint density at radius 1 is 0.982 bits per heavy atom. The molecule has 16 heteroatoms. The van der Waals surface area contributed by atoms with Gasteiger partial charge in [-0.1, -0.05) is 97.1 Å². The number of carbonyl (C=O) groups is 1. The van der Waals surface area contributed by atoms with Crippen molar-refractivity contribution in [2.75, 3.05) is 12.3 Å². The molecule has 0 bridgehead atoms. The van der Waals surface area contributed by atoms with Crippen LogP contribution in [0.1, 0.15) is 38.1 Å². The van der Waals surface area contributed by atoms with Crippen molar-refractivity contribution in [1.29, 1.82) is 0 Å². The molecule has 15 nitrogen and oxygen atoms in total. The van der Waals surface area contributed by atoms with Gasteiger partial charge in [0, 0.05) is 5.39 Å². The van der Waals surface area contributed by atoms with E-state index in [-0.39, 0.29) is 42.5 Å². The number of ether oxygens (including phenoxy) is 4. The highest BCUT2D eigenvalue weighted by molar-refractivity contribution is 7.52. The molecule has 2 aliphatic rings. The summed E-state index contributed by atoms with van der Waals surface area (Å²) in [4.78, 5) is 37.6. The second-order valence-electron chi connectivity index (χ2n) is 14.4. The zero-order chi connectivity index (χ0) is 39.1. The van der Waals surface area contributed by atoms with Gasteiger partial charge in [0.05, 0.1) is 12.9 Å². The van der Waals surface area contributed by atoms with Crippen molar-refractivity contribution in [3.05, 3.63) is 131 Å². The van der Waals surface area contributed by atoms with Gasteiger partial charge in [0.2, 0.25) is 5.95 Å². The van der Waals surface area contributed by atoms with Crippen LogP contribution in [-0.2, 0) is 45.9 Å². The van der Waals surface area contributed by atoms with Crippen LogP contribution < -0.4 is 20.9 Å². The highest BCUT2D eigenvalue weighted by Gasteiger charge is 2.64. The zero-order valence-electron chi connectivity index (χ0n) is 30.9. The van der Waals surface area contributed by atoms with E-state index in [2.05, 4.69) is 20.0 Å². The van der Waals surface area contributed by atoms with Gasteiger partial charge in [-0.15, -0.1) is 0 Å². The van der Waals surface area contributed by atoms with E-state index in [9.17, 15) is 9.59 Å². The summed E-state index contributed by atoms with van der Waals surface area (Å²) in [5.74, 6) is -1.55. The van der Waals surface area contributed by atoms with Crippen LogP contribution in [-0.4, -0.2) is 61.7 Å². The van der Waals surface area contributed by atoms with E-state index in [0.29, 0.717) is 5.39 Å². The van der Waals surface area contributed by atoms with Crippen LogP contribution in [0.25, 0.3) is 21.9 Å². The molecule has 6 atom stereocenters. The summed E-state index contributed by atoms with van der Waals surface area (Å²) in [6.45, 7) is 5.00. The fourth-order valence-corrected chi connectivity index (χ4v) is 8.86. The summed E-state index contributed by atoms with van der Waals surface area (Å²) in [6.07, 6.45) is -1.10. The van der Waals surface area contributed by atoms with Crippen molar-refractivity contribution in [3.63, 3.8) is 0 Å². The monoisotopic (exact) mass is 780 g/mol. The average Bonchev–Trinajstić information content (AvgIpc) is 3.79. The lowest BCUT2D eigenvalue weighted by atomic mass is 9.96. The number of hydrogen-bond acceptors (Lipinski definition) is 12. The first kappa shape index (κ1) is 37.5. The van der Waals surface area contributed by atoms with Crippen LogP contribution in [0.2, 0.25) is 0 Å². The molecule has 0 radical (unpaired) electrons. The van der Waals surface area contributed by atoms with Gasteiger partial charge in [-0.05, 0) is 49.8 Å². The lowest BCUT2D eigenvalue weighted by molar-refractivity contribution is -0.216. The number of rotatable bonds is 13. The van der Waals surface area contributed by atoms with Gasteiger partial charge in [0.15, 0.2) is 23.2 Å². The third kappa shape index (κ3) is 7.57. The Balaban J connectivity index is 1.13. The summed E-state index contributed by atoms with van der Waals surface area (Å²) in [7, 11) is -4.48. The van der Waals surface area contributed by atoms with E-state index in [4.69, 9.17) is 33.7 Å². The first-order chi connectivity index (χ1) is 26.9. The molecule has 4 aromatic carbocycles. The van der Waals surface area contributed by atoms with Crippen LogP contribution in [0.15, 0.2) is 114 Å². The molecule has 2 aliphatic heterocycles. The van der Waals surface area contributed by atoms with E-state index in [1.54, 1.807) is 30.5 Å². The minimum absolute atomic E-state index is 0.00196. The average molecular weight is 781 g/mol. The third-order valence-corrected chi connectivity index (χ3v) is 11.3. The van der Waals surface area contributed by atoms with Gasteiger partial charge in [-0.3, -0.25) is 23.7 Å². The van der Waals surface area contributed by atoms with Crippen LogP contribution in [0.4, 0.5) is 5.95 Å². The molecule has 290 valence electrons. The number of H-pyrrole nitrogens is 1. The first-order valence-electron chi connectivity index (χ1n) is 18.1. The number of nitrogen functional groups attached to an aromatic ring is 1. The van der Waals surface area contributed by atoms with Gasteiger partial charge in [0.1, 0.15) is 36.2 Å². The molecule has 0 spiro atoms. The number of aromatic amines is 1. The van der Waals surface area contributed by atoms with Crippen LogP contribution in [0, 0.1) is 0 Å². The largest absolute Gasteiger partial charge is 0.460 e. The fraction of sp³-hybridized carbons (Fsp3) is 0.300. The normalized spacial score (nSPS) is 23.1. The van der Waals surface area contributed by atoms with Crippen LogP contribution >= 0.6 is 7.75 Å².